The van der Waals surface area contributed by atoms with E-state index in [9.17, 15) is 0 Å². The maximum atomic E-state index is 3.67. The maximum absolute atomic E-state index is 3.67. The van der Waals surface area contributed by atoms with Crippen LogP contribution in [-0.2, 0) is 5.41 Å². The van der Waals surface area contributed by atoms with Gasteiger partial charge in [-0.25, -0.2) is 0 Å². The molecule has 0 amide bonds. The van der Waals surface area contributed by atoms with Gasteiger partial charge in [-0.05, 0) is 116 Å². The van der Waals surface area contributed by atoms with Crippen LogP contribution in [0.15, 0.2) is 200 Å². The number of benzene rings is 8. The number of nitrogens with zero attached hydrogens (tertiary/aromatic N) is 1. The number of nitrogens with one attached hydrogen (secondary N) is 1. The summed E-state index contributed by atoms with van der Waals surface area (Å²) in [6.07, 6.45) is 0. The van der Waals surface area contributed by atoms with E-state index >= 15 is 0 Å². The Balaban J connectivity index is 1.05. The molecule has 2 nitrogen and oxygen atoms in total. The molecule has 0 heterocycles. The van der Waals surface area contributed by atoms with Gasteiger partial charge in [0.25, 0.3) is 0 Å². The van der Waals surface area contributed by atoms with Crippen LogP contribution in [0.3, 0.4) is 0 Å². The monoisotopic (exact) mass is 680 g/mol. The van der Waals surface area contributed by atoms with Crippen molar-refractivity contribution < 1.29 is 0 Å². The van der Waals surface area contributed by atoms with Gasteiger partial charge in [0.15, 0.2) is 0 Å². The highest BCUT2D eigenvalue weighted by atomic mass is 15.1. The quantitative estimate of drug-likeness (QED) is 0.172. The lowest BCUT2D eigenvalue weighted by Crippen LogP contribution is -2.16. The van der Waals surface area contributed by atoms with Gasteiger partial charge in [0.05, 0.1) is 0 Å². The van der Waals surface area contributed by atoms with E-state index in [1.807, 2.05) is 0 Å². The minimum absolute atomic E-state index is 0.185. The number of rotatable bonds is 8. The Morgan fingerprint density at radius 1 is 0.340 bits per heavy atom. The van der Waals surface area contributed by atoms with Crippen molar-refractivity contribution in [1.29, 1.82) is 0 Å². The summed E-state index contributed by atoms with van der Waals surface area (Å²) in [6.45, 7) is 4.71. The molecule has 254 valence electrons. The van der Waals surface area contributed by atoms with E-state index < -0.39 is 0 Å². The number of fused-ring (bicyclic) bond motifs is 3. The van der Waals surface area contributed by atoms with E-state index in [-0.39, 0.29) is 5.41 Å². The Hall–Kier alpha value is -6.64. The highest BCUT2D eigenvalue weighted by Gasteiger charge is 2.36. The van der Waals surface area contributed by atoms with Crippen LogP contribution >= 0.6 is 0 Å². The average molecular weight is 681 g/mol. The predicted octanol–water partition coefficient (Wildman–Crippen LogP) is 14.2. The molecule has 9 rings (SSSR count). The van der Waals surface area contributed by atoms with Crippen molar-refractivity contribution >= 4 is 28.4 Å². The molecule has 0 unspecified atom stereocenters. The predicted molar refractivity (Wildman–Crippen MR) is 225 cm³/mol. The second kappa shape index (κ2) is 13.5. The van der Waals surface area contributed by atoms with Crippen LogP contribution in [0.5, 0.6) is 0 Å². The highest BCUT2D eigenvalue weighted by Crippen LogP contribution is 2.51. The molecule has 53 heavy (non-hydrogen) atoms. The van der Waals surface area contributed by atoms with Crippen molar-refractivity contribution in [2.24, 2.45) is 0 Å². The summed E-state index contributed by atoms with van der Waals surface area (Å²) in [5.41, 5.74) is 17.9. The largest absolute Gasteiger partial charge is 0.356 e. The summed E-state index contributed by atoms with van der Waals surface area (Å²) in [4.78, 5) is 2.38. The Bertz CT molecular complexity index is 2420. The van der Waals surface area contributed by atoms with E-state index in [1.54, 1.807) is 0 Å². The lowest BCUT2D eigenvalue weighted by atomic mass is 9.82. The van der Waals surface area contributed by atoms with Crippen LogP contribution in [0, 0.1) is 0 Å². The first kappa shape index (κ1) is 32.3. The maximum Gasteiger partial charge on any atom is 0.0465 e. The second-order valence-corrected chi connectivity index (χ2v) is 14.3. The molecule has 0 saturated carbocycles. The zero-order valence-corrected chi connectivity index (χ0v) is 30.0. The molecular formula is C51H40N2. The second-order valence-electron chi connectivity index (χ2n) is 14.3. The molecular weight excluding hydrogens is 641 g/mol. The van der Waals surface area contributed by atoms with Gasteiger partial charge in [-0.2, -0.15) is 0 Å². The normalized spacial score (nSPS) is 12.5. The zero-order chi connectivity index (χ0) is 35.8. The summed E-state index contributed by atoms with van der Waals surface area (Å²) < 4.78 is 0. The van der Waals surface area contributed by atoms with Gasteiger partial charge in [0.1, 0.15) is 0 Å². The Morgan fingerprint density at radius 3 is 1.17 bits per heavy atom. The molecule has 1 aliphatic carbocycles. The topological polar surface area (TPSA) is 15.3 Å². The Morgan fingerprint density at radius 2 is 0.698 bits per heavy atom. The van der Waals surface area contributed by atoms with Crippen molar-refractivity contribution in [3.05, 3.63) is 211 Å². The number of hydrogen-bond acceptors (Lipinski definition) is 2. The average Bonchev–Trinajstić information content (AvgIpc) is 3.44. The van der Waals surface area contributed by atoms with E-state index in [0.717, 1.165) is 28.4 Å². The van der Waals surface area contributed by atoms with Crippen LogP contribution in [0.4, 0.5) is 28.4 Å². The molecule has 0 fully saturated rings. The summed E-state index contributed by atoms with van der Waals surface area (Å²) in [6, 6.07) is 72.1. The molecule has 8 aromatic rings. The third-order valence-electron chi connectivity index (χ3n) is 10.7. The van der Waals surface area contributed by atoms with E-state index in [4.69, 9.17) is 0 Å². The molecule has 8 aromatic carbocycles. The zero-order valence-electron chi connectivity index (χ0n) is 30.0. The highest BCUT2D eigenvalue weighted by molar-refractivity contribution is 5.87. The van der Waals surface area contributed by atoms with Crippen LogP contribution in [0.1, 0.15) is 25.0 Å². The smallest absolute Gasteiger partial charge is 0.0465 e. The number of hydrogen-bond donors (Lipinski definition) is 1. The first-order valence-corrected chi connectivity index (χ1v) is 18.3. The number of anilines is 5. The molecule has 0 radical (unpaired) electrons. The first-order chi connectivity index (χ1) is 26.0. The third-order valence-corrected chi connectivity index (χ3v) is 10.7. The Kier molecular flexibility index (Phi) is 8.21. The van der Waals surface area contributed by atoms with Gasteiger partial charge in [-0.3, -0.25) is 0 Å². The SMILES string of the molecule is CC1(C)c2cc(Nc3ccc(-c4ccccc4)cc3)ccc2-c2ccc(N(c3ccc(-c4ccccc4)cc3)c3ccc(-c4ccccc4)cc3)cc21. The van der Waals surface area contributed by atoms with Crippen LogP contribution < -0.4 is 10.2 Å². The molecule has 0 aromatic heterocycles. The van der Waals surface area contributed by atoms with Gasteiger partial charge in [0, 0.05) is 33.9 Å². The molecule has 0 bridgehead atoms. The standard InChI is InChI=1S/C51H40N2/c1-51(2)49-34-43(52-42-24-18-39(19-25-42)36-12-6-3-7-13-36)26-32-47(49)48-33-31-46(35-50(48)51)53(44-27-20-40(21-28-44)37-14-8-4-9-15-37)45-29-22-41(23-30-45)38-16-10-5-11-17-38/h3-35,52H,1-2H3. The summed E-state index contributed by atoms with van der Waals surface area (Å²) in [5.74, 6) is 0. The van der Waals surface area contributed by atoms with E-state index in [1.165, 1.54) is 55.6 Å². The van der Waals surface area contributed by atoms with Crippen molar-refractivity contribution in [3.8, 4) is 44.5 Å². The van der Waals surface area contributed by atoms with Gasteiger partial charge < -0.3 is 10.2 Å². The molecule has 2 heteroatoms. The lowest BCUT2D eigenvalue weighted by Gasteiger charge is -2.28. The van der Waals surface area contributed by atoms with Crippen molar-refractivity contribution in [2.75, 3.05) is 10.2 Å². The molecule has 1 N–H and O–H groups in total. The van der Waals surface area contributed by atoms with Gasteiger partial charge >= 0.3 is 0 Å². The molecule has 0 atom stereocenters. The minimum atomic E-state index is -0.185. The van der Waals surface area contributed by atoms with Crippen LogP contribution in [0.2, 0.25) is 0 Å². The first-order valence-electron chi connectivity index (χ1n) is 18.3. The fraction of sp³-hybridized carbons (Fsp3) is 0.0588. The Labute approximate surface area is 312 Å². The fourth-order valence-electron chi connectivity index (χ4n) is 7.80. The third kappa shape index (κ3) is 6.19. The fourth-order valence-corrected chi connectivity index (χ4v) is 7.80. The van der Waals surface area contributed by atoms with Crippen molar-refractivity contribution in [2.45, 2.75) is 19.3 Å². The lowest BCUT2D eigenvalue weighted by molar-refractivity contribution is 0.660. The summed E-state index contributed by atoms with van der Waals surface area (Å²) in [7, 11) is 0. The van der Waals surface area contributed by atoms with Gasteiger partial charge in [-0.1, -0.05) is 153 Å². The summed E-state index contributed by atoms with van der Waals surface area (Å²) >= 11 is 0. The summed E-state index contributed by atoms with van der Waals surface area (Å²) in [5, 5.41) is 3.67. The van der Waals surface area contributed by atoms with E-state index in [0.29, 0.717) is 0 Å². The minimum Gasteiger partial charge on any atom is -0.356 e. The van der Waals surface area contributed by atoms with Crippen LogP contribution in [-0.4, -0.2) is 0 Å². The van der Waals surface area contributed by atoms with Crippen LogP contribution in [0.25, 0.3) is 44.5 Å². The van der Waals surface area contributed by atoms with Gasteiger partial charge in [0.2, 0.25) is 0 Å². The van der Waals surface area contributed by atoms with Crippen molar-refractivity contribution in [1.82, 2.24) is 0 Å². The molecule has 0 spiro atoms. The van der Waals surface area contributed by atoms with Crippen molar-refractivity contribution in [3.63, 3.8) is 0 Å². The molecule has 0 aliphatic heterocycles. The molecule has 0 saturated heterocycles. The van der Waals surface area contributed by atoms with Gasteiger partial charge in [-0.15, -0.1) is 0 Å². The molecule has 1 aliphatic rings. The van der Waals surface area contributed by atoms with E-state index in [2.05, 4.69) is 224 Å².